The SMILES string of the molecule is CC1CCCC(NS(=O)(=O)CCS(C)(=O)=O)(C(=O)O)C1. The summed E-state index contributed by atoms with van der Waals surface area (Å²) in [4.78, 5) is 11.5. The van der Waals surface area contributed by atoms with Crippen molar-refractivity contribution in [2.45, 2.75) is 38.1 Å². The van der Waals surface area contributed by atoms with E-state index in [2.05, 4.69) is 4.72 Å². The van der Waals surface area contributed by atoms with Gasteiger partial charge in [-0.15, -0.1) is 0 Å². The first-order valence-corrected chi connectivity index (χ1v) is 10.1. The van der Waals surface area contributed by atoms with Crippen LogP contribution >= 0.6 is 0 Å². The van der Waals surface area contributed by atoms with Crippen molar-refractivity contribution >= 4 is 25.8 Å². The molecule has 0 aromatic rings. The molecule has 0 saturated heterocycles. The second kappa shape index (κ2) is 5.98. The van der Waals surface area contributed by atoms with Crippen LogP contribution < -0.4 is 4.72 Å². The predicted octanol–water partition coefficient (Wildman–Crippen LogP) is -0.0161. The number of carboxylic acids is 1. The van der Waals surface area contributed by atoms with Gasteiger partial charge in [-0.25, -0.2) is 16.8 Å². The Morgan fingerprint density at radius 1 is 1.30 bits per heavy atom. The van der Waals surface area contributed by atoms with Gasteiger partial charge in [0.2, 0.25) is 10.0 Å². The van der Waals surface area contributed by atoms with E-state index in [1.165, 1.54) is 0 Å². The van der Waals surface area contributed by atoms with Gasteiger partial charge in [0.1, 0.15) is 15.4 Å². The molecule has 1 aliphatic rings. The topological polar surface area (TPSA) is 118 Å². The predicted molar refractivity (Wildman–Crippen MR) is 74.6 cm³/mol. The molecule has 0 spiro atoms. The summed E-state index contributed by atoms with van der Waals surface area (Å²) in [5.74, 6) is -2.23. The molecular weight excluding hydrogens is 306 g/mol. The standard InChI is InChI=1S/C11H21NO6S2/c1-9-4-3-5-11(8-9,10(13)14)12-20(17,18)7-6-19(2,15)16/h9,12H,3-8H2,1-2H3,(H,13,14). The molecule has 2 atom stereocenters. The van der Waals surface area contributed by atoms with Crippen LogP contribution in [-0.4, -0.2) is 51.2 Å². The molecule has 2 unspecified atom stereocenters. The Kier molecular flexibility index (Phi) is 5.20. The van der Waals surface area contributed by atoms with Crippen LogP contribution in [0.15, 0.2) is 0 Å². The summed E-state index contributed by atoms with van der Waals surface area (Å²) in [7, 11) is -7.37. The van der Waals surface area contributed by atoms with Gasteiger partial charge in [0.05, 0.1) is 11.5 Å². The summed E-state index contributed by atoms with van der Waals surface area (Å²) in [6.07, 6.45) is 2.88. The van der Waals surface area contributed by atoms with Gasteiger partial charge >= 0.3 is 5.97 Å². The van der Waals surface area contributed by atoms with Crippen LogP contribution in [0, 0.1) is 5.92 Å². The molecule has 2 N–H and O–H groups in total. The van der Waals surface area contributed by atoms with E-state index in [1.807, 2.05) is 6.92 Å². The minimum absolute atomic E-state index is 0.109. The zero-order valence-corrected chi connectivity index (χ0v) is 13.3. The first-order chi connectivity index (χ1) is 8.96. The first kappa shape index (κ1) is 17.4. The molecule has 0 aliphatic heterocycles. The third-order valence-corrected chi connectivity index (χ3v) is 6.13. The zero-order chi connectivity index (χ0) is 15.6. The lowest BCUT2D eigenvalue weighted by atomic mass is 9.77. The highest BCUT2D eigenvalue weighted by Gasteiger charge is 2.44. The van der Waals surface area contributed by atoms with Crippen molar-refractivity contribution < 1.29 is 26.7 Å². The highest BCUT2D eigenvalue weighted by Crippen LogP contribution is 2.33. The van der Waals surface area contributed by atoms with Gasteiger partial charge in [-0.2, -0.15) is 4.72 Å². The van der Waals surface area contributed by atoms with Gasteiger partial charge < -0.3 is 5.11 Å². The van der Waals surface area contributed by atoms with Crippen LogP contribution in [0.1, 0.15) is 32.6 Å². The highest BCUT2D eigenvalue weighted by atomic mass is 32.2. The van der Waals surface area contributed by atoms with Crippen molar-refractivity contribution in [1.82, 2.24) is 4.72 Å². The van der Waals surface area contributed by atoms with E-state index in [1.54, 1.807) is 0 Å². The number of aliphatic carboxylic acids is 1. The number of rotatable bonds is 6. The molecular formula is C11H21NO6S2. The summed E-state index contributed by atoms with van der Waals surface area (Å²) in [5, 5.41) is 9.35. The number of sulfone groups is 1. The van der Waals surface area contributed by atoms with Crippen LogP contribution in [0.3, 0.4) is 0 Å². The quantitative estimate of drug-likeness (QED) is 0.708. The number of nitrogens with one attached hydrogen (secondary N) is 1. The Morgan fingerprint density at radius 2 is 1.90 bits per heavy atom. The number of hydrogen-bond acceptors (Lipinski definition) is 5. The Morgan fingerprint density at radius 3 is 2.35 bits per heavy atom. The van der Waals surface area contributed by atoms with E-state index in [9.17, 15) is 26.7 Å². The molecule has 1 aliphatic carbocycles. The molecule has 1 fully saturated rings. The monoisotopic (exact) mass is 327 g/mol. The molecule has 7 nitrogen and oxygen atoms in total. The molecule has 0 bridgehead atoms. The smallest absolute Gasteiger partial charge is 0.324 e. The van der Waals surface area contributed by atoms with E-state index < -0.39 is 42.9 Å². The van der Waals surface area contributed by atoms with E-state index >= 15 is 0 Å². The zero-order valence-electron chi connectivity index (χ0n) is 11.6. The van der Waals surface area contributed by atoms with Crippen LogP contribution in [0.2, 0.25) is 0 Å². The molecule has 20 heavy (non-hydrogen) atoms. The van der Waals surface area contributed by atoms with Gasteiger partial charge in [-0.3, -0.25) is 4.79 Å². The van der Waals surface area contributed by atoms with Crippen LogP contribution in [0.4, 0.5) is 0 Å². The molecule has 1 rings (SSSR count). The lowest BCUT2D eigenvalue weighted by molar-refractivity contribution is -0.146. The van der Waals surface area contributed by atoms with Gasteiger partial charge in [0, 0.05) is 6.26 Å². The molecule has 0 radical (unpaired) electrons. The second-order valence-electron chi connectivity index (χ2n) is 5.64. The number of carboxylic acid groups (broad SMARTS) is 1. The highest BCUT2D eigenvalue weighted by molar-refractivity contribution is 7.93. The van der Waals surface area contributed by atoms with Crippen molar-refractivity contribution in [3.05, 3.63) is 0 Å². The van der Waals surface area contributed by atoms with Crippen molar-refractivity contribution in [3.8, 4) is 0 Å². The van der Waals surface area contributed by atoms with E-state index in [0.717, 1.165) is 12.7 Å². The summed E-state index contributed by atoms with van der Waals surface area (Å²) >= 11 is 0. The fourth-order valence-corrected chi connectivity index (χ4v) is 5.55. The Hall–Kier alpha value is -0.670. The molecule has 1 saturated carbocycles. The average Bonchev–Trinajstić information content (AvgIpc) is 2.25. The molecule has 0 aromatic carbocycles. The summed E-state index contributed by atoms with van der Waals surface area (Å²) in [6.45, 7) is 1.88. The maximum atomic E-state index is 11.9. The number of sulfonamides is 1. The van der Waals surface area contributed by atoms with E-state index in [0.29, 0.717) is 6.42 Å². The summed E-state index contributed by atoms with van der Waals surface area (Å²) in [5.41, 5.74) is -1.51. The average molecular weight is 327 g/mol. The first-order valence-electron chi connectivity index (χ1n) is 6.39. The maximum absolute atomic E-state index is 11.9. The second-order valence-corrected chi connectivity index (χ2v) is 9.74. The molecule has 0 amide bonds. The van der Waals surface area contributed by atoms with E-state index in [4.69, 9.17) is 0 Å². The minimum Gasteiger partial charge on any atom is -0.480 e. The largest absolute Gasteiger partial charge is 0.480 e. The third kappa shape index (κ3) is 5.02. The Balaban J connectivity index is 2.88. The lowest BCUT2D eigenvalue weighted by Crippen LogP contribution is -2.57. The summed E-state index contributed by atoms with van der Waals surface area (Å²) < 4.78 is 48.1. The van der Waals surface area contributed by atoms with Gasteiger partial charge in [-0.1, -0.05) is 19.8 Å². The minimum atomic E-state index is -3.95. The molecule has 0 heterocycles. The lowest BCUT2D eigenvalue weighted by Gasteiger charge is -2.36. The van der Waals surface area contributed by atoms with Crippen LogP contribution in [-0.2, 0) is 24.7 Å². The maximum Gasteiger partial charge on any atom is 0.324 e. The van der Waals surface area contributed by atoms with Gasteiger partial charge in [0.15, 0.2) is 0 Å². The van der Waals surface area contributed by atoms with Crippen molar-refractivity contribution in [1.29, 1.82) is 0 Å². The van der Waals surface area contributed by atoms with Crippen molar-refractivity contribution in [2.75, 3.05) is 17.8 Å². The molecule has 118 valence electrons. The van der Waals surface area contributed by atoms with Gasteiger partial charge in [-0.05, 0) is 18.8 Å². The fraction of sp³-hybridized carbons (Fsp3) is 0.909. The van der Waals surface area contributed by atoms with E-state index in [-0.39, 0.29) is 18.8 Å². The normalized spacial score (nSPS) is 28.2. The fourth-order valence-electron chi connectivity index (χ4n) is 2.49. The van der Waals surface area contributed by atoms with Crippen LogP contribution in [0.5, 0.6) is 0 Å². The van der Waals surface area contributed by atoms with Crippen molar-refractivity contribution in [2.24, 2.45) is 5.92 Å². The van der Waals surface area contributed by atoms with Gasteiger partial charge in [0.25, 0.3) is 0 Å². The Bertz CT molecular complexity index is 568. The Labute approximate surface area is 119 Å². The molecule has 0 aromatic heterocycles. The summed E-state index contributed by atoms with van der Waals surface area (Å²) in [6, 6.07) is 0. The number of carbonyl (C=O) groups is 1. The van der Waals surface area contributed by atoms with Crippen LogP contribution in [0.25, 0.3) is 0 Å². The van der Waals surface area contributed by atoms with Crippen molar-refractivity contribution in [3.63, 3.8) is 0 Å². The number of hydrogen-bond donors (Lipinski definition) is 2. The molecule has 9 heteroatoms. The third-order valence-electron chi connectivity index (χ3n) is 3.48.